The first-order valence-electron chi connectivity index (χ1n) is 11.6. The fourth-order valence-electron chi connectivity index (χ4n) is 4.94. The van der Waals surface area contributed by atoms with Gasteiger partial charge in [0.15, 0.2) is 0 Å². The maximum Gasteiger partial charge on any atom is 0.387 e. The number of rotatable bonds is 6. The van der Waals surface area contributed by atoms with Crippen molar-refractivity contribution in [2.24, 2.45) is 0 Å². The van der Waals surface area contributed by atoms with Crippen LogP contribution in [0.3, 0.4) is 0 Å². The van der Waals surface area contributed by atoms with E-state index in [1.807, 2.05) is 22.8 Å². The Morgan fingerprint density at radius 3 is 2.68 bits per heavy atom. The first-order chi connectivity index (χ1) is 17.7. The quantitative estimate of drug-likeness (QED) is 0.359. The van der Waals surface area contributed by atoms with Gasteiger partial charge >= 0.3 is 12.6 Å². The molecule has 0 unspecified atom stereocenters. The van der Waals surface area contributed by atoms with Gasteiger partial charge in [0, 0.05) is 29.1 Å². The average molecular weight is 525 g/mol. The van der Waals surface area contributed by atoms with Crippen molar-refractivity contribution in [3.05, 3.63) is 65.7 Å². The van der Waals surface area contributed by atoms with E-state index in [1.165, 1.54) is 12.1 Å². The molecule has 2 aromatic carbocycles. The molecular formula is C25H22F2N5O4P. The van der Waals surface area contributed by atoms with Crippen LogP contribution in [-0.4, -0.2) is 51.7 Å². The predicted molar refractivity (Wildman–Crippen MR) is 132 cm³/mol. The first-order valence-corrected chi connectivity index (χ1v) is 14.4. The SMILES string of the molecule is CP(C)(=O)COc1ncc(-c2ccc3nc4n(c3c2)[C@@H]2C[C@H]4NC(=O)c3cccc(OC(F)F)c32)cn1. The zero-order valence-corrected chi connectivity index (χ0v) is 20.8. The number of halogens is 2. The minimum Gasteiger partial charge on any atom is -0.456 e. The number of benzene rings is 2. The van der Waals surface area contributed by atoms with Crippen molar-refractivity contribution in [1.82, 2.24) is 24.8 Å². The zero-order chi connectivity index (χ0) is 25.9. The fourth-order valence-corrected chi connectivity index (χ4v) is 5.37. The highest BCUT2D eigenvalue weighted by Crippen LogP contribution is 2.47. The molecule has 2 bridgehead atoms. The van der Waals surface area contributed by atoms with E-state index in [0.29, 0.717) is 28.9 Å². The van der Waals surface area contributed by atoms with E-state index in [2.05, 4.69) is 15.3 Å². The molecule has 2 aromatic heterocycles. The minimum absolute atomic E-state index is 0.0214. The zero-order valence-electron chi connectivity index (χ0n) is 19.9. The van der Waals surface area contributed by atoms with Crippen LogP contribution in [0.1, 0.15) is 40.3 Å². The number of carbonyl (C=O) groups excluding carboxylic acids is 1. The lowest BCUT2D eigenvalue weighted by molar-refractivity contribution is -0.0507. The summed E-state index contributed by atoms with van der Waals surface area (Å²) in [7, 11) is -2.37. The standard InChI is InChI=1S/C25H22F2N5O4P/c1-37(2,34)12-35-25-28-10-14(11-29-25)13-6-7-16-18(8-13)32-19-9-17(22(32)30-16)31-23(33)15-4-3-5-20(21(15)19)36-24(26)27/h3-8,10-11,17,19,24H,9,12H2,1-2H3,(H,31,33)/t17-,19-/m1/s1. The topological polar surface area (TPSA) is 108 Å². The van der Waals surface area contributed by atoms with Crippen molar-refractivity contribution in [2.75, 3.05) is 19.7 Å². The summed E-state index contributed by atoms with van der Waals surface area (Å²) in [6.07, 6.45) is 3.76. The van der Waals surface area contributed by atoms with Gasteiger partial charge in [-0.3, -0.25) is 4.79 Å². The van der Waals surface area contributed by atoms with E-state index in [-0.39, 0.29) is 30.1 Å². The van der Waals surface area contributed by atoms with E-state index in [9.17, 15) is 18.1 Å². The van der Waals surface area contributed by atoms with E-state index in [1.54, 1.807) is 31.8 Å². The van der Waals surface area contributed by atoms with Crippen LogP contribution < -0.4 is 14.8 Å². The number of hydrogen-bond acceptors (Lipinski definition) is 7. The van der Waals surface area contributed by atoms with Crippen molar-refractivity contribution in [3.8, 4) is 22.9 Å². The van der Waals surface area contributed by atoms with Gasteiger partial charge in [0.25, 0.3) is 5.91 Å². The number of nitrogens with one attached hydrogen (secondary N) is 1. The predicted octanol–water partition coefficient (Wildman–Crippen LogP) is 4.83. The Bertz CT molecular complexity index is 1580. The van der Waals surface area contributed by atoms with Crippen molar-refractivity contribution in [2.45, 2.75) is 25.1 Å². The lowest BCUT2D eigenvalue weighted by Crippen LogP contribution is -2.28. The monoisotopic (exact) mass is 525 g/mol. The summed E-state index contributed by atoms with van der Waals surface area (Å²) in [5, 5.41) is 2.98. The molecule has 0 fully saturated rings. The van der Waals surface area contributed by atoms with Gasteiger partial charge in [-0.1, -0.05) is 12.1 Å². The smallest absolute Gasteiger partial charge is 0.387 e. The Labute approximate surface area is 210 Å². The number of nitrogens with zero attached hydrogens (tertiary/aromatic N) is 4. The highest BCUT2D eigenvalue weighted by atomic mass is 31.2. The molecular weight excluding hydrogens is 503 g/mol. The third-order valence-electron chi connectivity index (χ3n) is 6.43. The van der Waals surface area contributed by atoms with E-state index >= 15 is 0 Å². The second-order valence-electron chi connectivity index (χ2n) is 9.52. The van der Waals surface area contributed by atoms with Crippen molar-refractivity contribution >= 4 is 24.1 Å². The Morgan fingerprint density at radius 2 is 1.95 bits per heavy atom. The molecule has 4 heterocycles. The average Bonchev–Trinajstić information content (AvgIpc) is 3.34. The normalized spacial score (nSPS) is 18.4. The number of carbonyl (C=O) groups is 1. The van der Waals surface area contributed by atoms with Gasteiger partial charge in [0.1, 0.15) is 25.1 Å². The Kier molecular flexibility index (Phi) is 5.49. The molecule has 9 nitrogen and oxygen atoms in total. The van der Waals surface area contributed by atoms with Crippen LogP contribution in [0.15, 0.2) is 48.8 Å². The van der Waals surface area contributed by atoms with Crippen LogP contribution in [0.5, 0.6) is 11.8 Å². The molecule has 0 saturated carbocycles. The van der Waals surface area contributed by atoms with E-state index in [4.69, 9.17) is 14.5 Å². The largest absolute Gasteiger partial charge is 0.456 e. The van der Waals surface area contributed by atoms with Crippen LogP contribution in [0.2, 0.25) is 0 Å². The first kappa shape index (κ1) is 23.5. The van der Waals surface area contributed by atoms with E-state index < -0.39 is 19.8 Å². The fraction of sp³-hybridized carbons (Fsp3) is 0.280. The van der Waals surface area contributed by atoms with Crippen LogP contribution >= 0.6 is 7.14 Å². The molecule has 6 rings (SSSR count). The molecule has 0 aliphatic carbocycles. The maximum absolute atomic E-state index is 13.2. The maximum atomic E-state index is 13.2. The molecule has 4 aromatic rings. The molecule has 1 N–H and O–H groups in total. The van der Waals surface area contributed by atoms with Crippen LogP contribution in [0.25, 0.3) is 22.2 Å². The van der Waals surface area contributed by atoms with Crippen LogP contribution in [-0.2, 0) is 4.57 Å². The van der Waals surface area contributed by atoms with Gasteiger partial charge < -0.3 is 23.9 Å². The molecule has 2 atom stereocenters. The second kappa shape index (κ2) is 8.62. The molecule has 2 aliphatic heterocycles. The lowest BCUT2D eigenvalue weighted by Gasteiger charge is -2.21. The number of ether oxygens (including phenoxy) is 2. The Morgan fingerprint density at radius 1 is 1.16 bits per heavy atom. The van der Waals surface area contributed by atoms with Crippen molar-refractivity contribution < 1.29 is 27.6 Å². The number of alkyl halides is 2. The third-order valence-corrected chi connectivity index (χ3v) is 7.18. The summed E-state index contributed by atoms with van der Waals surface area (Å²) in [4.78, 5) is 26.1. The molecule has 190 valence electrons. The van der Waals surface area contributed by atoms with E-state index in [0.717, 1.165) is 16.6 Å². The molecule has 0 saturated heterocycles. The summed E-state index contributed by atoms with van der Waals surface area (Å²) in [5.41, 5.74) is 3.77. The summed E-state index contributed by atoms with van der Waals surface area (Å²) >= 11 is 0. The van der Waals surface area contributed by atoms with Gasteiger partial charge in [-0.05, 0) is 49.6 Å². The van der Waals surface area contributed by atoms with Gasteiger partial charge in [0.2, 0.25) is 0 Å². The molecule has 37 heavy (non-hydrogen) atoms. The number of fused-ring (bicyclic) bond motifs is 9. The van der Waals surface area contributed by atoms with Crippen molar-refractivity contribution in [1.29, 1.82) is 0 Å². The summed E-state index contributed by atoms with van der Waals surface area (Å²) in [5.74, 6) is 0.293. The number of amides is 1. The summed E-state index contributed by atoms with van der Waals surface area (Å²) in [6.45, 7) is 0.238. The number of hydrogen-bond donors (Lipinski definition) is 1. The lowest BCUT2D eigenvalue weighted by atomic mass is 9.97. The number of imidazole rings is 1. The second-order valence-corrected chi connectivity index (χ2v) is 12.9. The third kappa shape index (κ3) is 4.23. The minimum atomic E-state index is -3.02. The Hall–Kier alpha value is -3.85. The highest BCUT2D eigenvalue weighted by Gasteiger charge is 2.42. The number of aromatic nitrogens is 4. The highest BCUT2D eigenvalue weighted by molar-refractivity contribution is 7.62. The molecule has 12 heteroatoms. The van der Waals surface area contributed by atoms with Crippen LogP contribution in [0.4, 0.5) is 8.78 Å². The van der Waals surface area contributed by atoms with Gasteiger partial charge in [-0.2, -0.15) is 8.78 Å². The van der Waals surface area contributed by atoms with Gasteiger partial charge in [0.05, 0.1) is 23.1 Å². The van der Waals surface area contributed by atoms with Gasteiger partial charge in [-0.15, -0.1) is 0 Å². The van der Waals surface area contributed by atoms with Crippen LogP contribution in [0, 0.1) is 0 Å². The Balaban J connectivity index is 1.42. The molecule has 0 radical (unpaired) electrons. The molecule has 1 amide bonds. The van der Waals surface area contributed by atoms with Gasteiger partial charge in [-0.25, -0.2) is 15.0 Å². The van der Waals surface area contributed by atoms with Crippen molar-refractivity contribution in [3.63, 3.8) is 0 Å². The summed E-state index contributed by atoms with van der Waals surface area (Å²) in [6, 6.07) is 9.65. The molecule has 0 spiro atoms. The summed E-state index contributed by atoms with van der Waals surface area (Å²) < 4.78 is 50.5. The molecule has 2 aliphatic rings.